The molecule has 4 amide bonds. The molecule has 1 saturated heterocycles. The van der Waals surface area contributed by atoms with Crippen LogP contribution in [0.15, 0.2) is 29.2 Å². The molecule has 1 atom stereocenters. The molecule has 31 heavy (non-hydrogen) atoms. The first-order chi connectivity index (χ1) is 14.4. The van der Waals surface area contributed by atoms with E-state index < -0.39 is 33.4 Å². The van der Waals surface area contributed by atoms with E-state index in [0.29, 0.717) is 5.56 Å². The molecule has 10 nitrogen and oxygen atoms in total. The predicted molar refractivity (Wildman–Crippen MR) is 116 cm³/mol. The average molecular weight is 449 g/mol. The van der Waals surface area contributed by atoms with Gasteiger partial charge in [0.25, 0.3) is 16.8 Å². The van der Waals surface area contributed by atoms with Crippen LogP contribution in [-0.4, -0.2) is 51.9 Å². The number of hydrogen-bond acceptors (Lipinski definition) is 7. The van der Waals surface area contributed by atoms with Gasteiger partial charge in [0.2, 0.25) is 11.8 Å². The van der Waals surface area contributed by atoms with Crippen LogP contribution in [-0.2, 0) is 14.4 Å². The number of non-ortho nitro benzene ring substituents is 1. The molecule has 0 bridgehead atoms. The van der Waals surface area contributed by atoms with E-state index in [1.165, 1.54) is 30.3 Å². The summed E-state index contributed by atoms with van der Waals surface area (Å²) >= 11 is 0.758. The monoisotopic (exact) mass is 448 g/mol. The molecule has 1 aliphatic heterocycles. The third kappa shape index (κ3) is 6.38. The minimum atomic E-state index is -0.760. The molecule has 1 aromatic rings. The molecule has 1 aromatic carbocycles. The molecule has 166 valence electrons. The van der Waals surface area contributed by atoms with Crippen molar-refractivity contribution in [3.8, 4) is 0 Å². The first kappa shape index (κ1) is 24.1. The highest BCUT2D eigenvalue weighted by Crippen LogP contribution is 2.32. The lowest BCUT2D eigenvalue weighted by molar-refractivity contribution is -0.384. The van der Waals surface area contributed by atoms with Crippen LogP contribution >= 0.6 is 11.8 Å². The van der Waals surface area contributed by atoms with Gasteiger partial charge in [-0.25, -0.2) is 0 Å². The van der Waals surface area contributed by atoms with Crippen molar-refractivity contribution in [2.75, 3.05) is 13.1 Å². The molecule has 1 heterocycles. The number of carbonyl (C=O) groups is 4. The van der Waals surface area contributed by atoms with E-state index in [1.54, 1.807) is 27.7 Å². The Morgan fingerprint density at radius 1 is 1.23 bits per heavy atom. The molecule has 2 N–H and O–H groups in total. The number of nitro benzene ring substituents is 1. The summed E-state index contributed by atoms with van der Waals surface area (Å²) in [5.41, 5.74) is -0.159. The van der Waals surface area contributed by atoms with Crippen molar-refractivity contribution in [1.82, 2.24) is 15.5 Å². The Kier molecular flexibility index (Phi) is 7.55. The van der Waals surface area contributed by atoms with Crippen LogP contribution in [0, 0.1) is 15.5 Å². The molecular weight excluding hydrogens is 424 g/mol. The van der Waals surface area contributed by atoms with Crippen LogP contribution in [0.2, 0.25) is 0 Å². The van der Waals surface area contributed by atoms with E-state index in [1.807, 2.05) is 0 Å². The topological polar surface area (TPSA) is 139 Å². The number of benzene rings is 1. The van der Waals surface area contributed by atoms with E-state index in [4.69, 9.17) is 0 Å². The first-order valence-corrected chi connectivity index (χ1v) is 10.3. The Balaban J connectivity index is 1.91. The lowest BCUT2D eigenvalue weighted by atomic mass is 9.95. The average Bonchev–Trinajstić information content (AvgIpc) is 2.94. The number of thioether (sulfide) groups is 1. The zero-order chi connectivity index (χ0) is 23.3. The minimum absolute atomic E-state index is 0.0199. The maximum absolute atomic E-state index is 12.5. The Morgan fingerprint density at radius 3 is 2.39 bits per heavy atom. The number of nitro groups is 1. The van der Waals surface area contributed by atoms with E-state index in [2.05, 4.69) is 10.6 Å². The second-order valence-electron chi connectivity index (χ2n) is 7.92. The summed E-state index contributed by atoms with van der Waals surface area (Å²) in [4.78, 5) is 60.2. The third-order valence-corrected chi connectivity index (χ3v) is 5.24. The molecule has 2 rings (SSSR count). The molecule has 11 heteroatoms. The van der Waals surface area contributed by atoms with Gasteiger partial charge in [0.1, 0.15) is 6.04 Å². The van der Waals surface area contributed by atoms with Crippen LogP contribution in [0.3, 0.4) is 0 Å². The Bertz CT molecular complexity index is 936. The Morgan fingerprint density at radius 2 is 1.84 bits per heavy atom. The number of hydrogen-bond donors (Lipinski definition) is 2. The Labute approximate surface area is 183 Å². The summed E-state index contributed by atoms with van der Waals surface area (Å²) in [7, 11) is 0. The minimum Gasteiger partial charge on any atom is -0.353 e. The summed E-state index contributed by atoms with van der Waals surface area (Å²) in [6.45, 7) is 6.77. The summed E-state index contributed by atoms with van der Waals surface area (Å²) in [6, 6.07) is 4.83. The second-order valence-corrected chi connectivity index (χ2v) is 8.91. The summed E-state index contributed by atoms with van der Waals surface area (Å²) in [5, 5.41) is 15.4. The highest BCUT2D eigenvalue weighted by Gasteiger charge is 2.35. The molecule has 1 unspecified atom stereocenters. The van der Waals surface area contributed by atoms with Gasteiger partial charge in [-0.2, -0.15) is 0 Å². The smallest absolute Gasteiger partial charge is 0.293 e. The zero-order valence-corrected chi connectivity index (χ0v) is 18.4. The van der Waals surface area contributed by atoms with Crippen LogP contribution in [0.4, 0.5) is 10.5 Å². The molecule has 0 aliphatic carbocycles. The SMILES string of the molecule is CC(NC(=O)C(C)(C)C)C(=O)NCCN1C(=O)S/C(=C/c2ccc([N+](=O)[O-])cc2)C1=O. The molecule has 0 saturated carbocycles. The van der Waals surface area contributed by atoms with Gasteiger partial charge in [-0.3, -0.25) is 34.2 Å². The maximum atomic E-state index is 12.5. The van der Waals surface area contributed by atoms with Gasteiger partial charge >= 0.3 is 0 Å². The van der Waals surface area contributed by atoms with Gasteiger partial charge in [0.15, 0.2) is 0 Å². The van der Waals surface area contributed by atoms with Crippen molar-refractivity contribution in [2.45, 2.75) is 33.7 Å². The van der Waals surface area contributed by atoms with Gasteiger partial charge in [0.05, 0.1) is 9.83 Å². The summed E-state index contributed by atoms with van der Waals surface area (Å²) < 4.78 is 0. The molecule has 0 spiro atoms. The number of rotatable bonds is 7. The lowest BCUT2D eigenvalue weighted by Crippen LogP contribution is -2.49. The molecular formula is C20H24N4O6S. The highest BCUT2D eigenvalue weighted by molar-refractivity contribution is 8.18. The van der Waals surface area contributed by atoms with Crippen LogP contribution in [0.1, 0.15) is 33.3 Å². The number of amides is 4. The number of imide groups is 1. The largest absolute Gasteiger partial charge is 0.353 e. The van der Waals surface area contributed by atoms with Crippen LogP contribution in [0.5, 0.6) is 0 Å². The first-order valence-electron chi connectivity index (χ1n) is 9.48. The fraction of sp³-hybridized carbons (Fsp3) is 0.400. The number of carbonyl (C=O) groups excluding carboxylic acids is 4. The number of nitrogens with zero attached hydrogens (tertiary/aromatic N) is 2. The second kappa shape index (κ2) is 9.73. The van der Waals surface area contributed by atoms with Crippen molar-refractivity contribution in [1.29, 1.82) is 0 Å². The fourth-order valence-corrected chi connectivity index (χ4v) is 3.32. The normalized spacial score (nSPS) is 16.4. The summed E-state index contributed by atoms with van der Waals surface area (Å²) in [6.07, 6.45) is 1.48. The van der Waals surface area contributed by atoms with Crippen LogP contribution in [0.25, 0.3) is 6.08 Å². The standard InChI is InChI=1S/C20H24N4O6S/c1-12(22-18(27)20(2,3)4)16(25)21-9-10-23-17(26)15(31-19(23)28)11-13-5-7-14(8-6-13)24(29)30/h5-8,11-12H,9-10H2,1-4H3,(H,21,25)(H,22,27)/b15-11+. The third-order valence-electron chi connectivity index (χ3n) is 4.33. The molecule has 1 fully saturated rings. The van der Waals surface area contributed by atoms with E-state index in [-0.39, 0.29) is 29.6 Å². The van der Waals surface area contributed by atoms with Crippen molar-refractivity contribution in [3.05, 3.63) is 44.8 Å². The van der Waals surface area contributed by atoms with Gasteiger partial charge < -0.3 is 10.6 Å². The zero-order valence-electron chi connectivity index (χ0n) is 17.6. The van der Waals surface area contributed by atoms with Gasteiger partial charge in [0, 0.05) is 30.6 Å². The van der Waals surface area contributed by atoms with E-state index in [9.17, 15) is 29.3 Å². The summed E-state index contributed by atoms with van der Waals surface area (Å²) in [5.74, 6) is -1.19. The molecule has 0 aromatic heterocycles. The van der Waals surface area contributed by atoms with Crippen molar-refractivity contribution in [3.63, 3.8) is 0 Å². The predicted octanol–water partition coefficient (Wildman–Crippen LogP) is 2.30. The van der Waals surface area contributed by atoms with E-state index in [0.717, 1.165) is 16.7 Å². The maximum Gasteiger partial charge on any atom is 0.293 e. The van der Waals surface area contributed by atoms with Gasteiger partial charge in [-0.15, -0.1) is 0 Å². The molecule has 1 aliphatic rings. The van der Waals surface area contributed by atoms with Gasteiger partial charge in [-0.1, -0.05) is 20.8 Å². The van der Waals surface area contributed by atoms with Crippen molar-refractivity contribution >= 4 is 46.5 Å². The van der Waals surface area contributed by atoms with Crippen molar-refractivity contribution in [2.24, 2.45) is 5.41 Å². The fourth-order valence-electron chi connectivity index (χ4n) is 2.46. The van der Waals surface area contributed by atoms with E-state index >= 15 is 0 Å². The van der Waals surface area contributed by atoms with Crippen molar-refractivity contribution < 1.29 is 24.1 Å². The number of nitrogens with one attached hydrogen (secondary N) is 2. The highest BCUT2D eigenvalue weighted by atomic mass is 32.2. The van der Waals surface area contributed by atoms with Gasteiger partial charge in [-0.05, 0) is 42.5 Å². The Hall–Kier alpha value is -3.21. The molecule has 0 radical (unpaired) electrons. The lowest BCUT2D eigenvalue weighted by Gasteiger charge is -2.21. The quantitative estimate of drug-likeness (QED) is 0.371. The van der Waals surface area contributed by atoms with Crippen LogP contribution < -0.4 is 10.6 Å².